The molecule has 2 aromatic carbocycles. The number of benzene rings is 2. The molecule has 0 fully saturated rings. The first-order valence-electron chi connectivity index (χ1n) is 9.57. The van der Waals surface area contributed by atoms with Gasteiger partial charge in [-0.15, -0.1) is 10.2 Å². The van der Waals surface area contributed by atoms with Gasteiger partial charge < -0.3 is 15.5 Å². The highest BCUT2D eigenvalue weighted by molar-refractivity contribution is 8.00. The van der Waals surface area contributed by atoms with Crippen molar-refractivity contribution in [2.75, 3.05) is 17.9 Å². The van der Waals surface area contributed by atoms with Crippen molar-refractivity contribution in [3.8, 4) is 5.75 Å². The van der Waals surface area contributed by atoms with Crippen LogP contribution in [0, 0.1) is 0 Å². The van der Waals surface area contributed by atoms with Crippen LogP contribution in [-0.4, -0.2) is 33.1 Å². The summed E-state index contributed by atoms with van der Waals surface area (Å²) in [6, 6.07) is 17.1. The average Bonchev–Trinajstić information content (AvgIpc) is 3.16. The second-order valence-electron chi connectivity index (χ2n) is 6.76. The van der Waals surface area contributed by atoms with Crippen LogP contribution in [0.25, 0.3) is 0 Å². The van der Waals surface area contributed by atoms with Gasteiger partial charge in [-0.3, -0.25) is 4.79 Å². The Labute approximate surface area is 173 Å². The van der Waals surface area contributed by atoms with Gasteiger partial charge >= 0.3 is 0 Å². The van der Waals surface area contributed by atoms with Crippen LogP contribution in [0.15, 0.2) is 59.8 Å². The highest BCUT2D eigenvalue weighted by Crippen LogP contribution is 2.37. The Morgan fingerprint density at radius 3 is 2.79 bits per heavy atom. The van der Waals surface area contributed by atoms with Crippen LogP contribution >= 0.6 is 11.8 Å². The molecule has 2 heterocycles. The molecule has 1 aliphatic rings. The van der Waals surface area contributed by atoms with Gasteiger partial charge in [0, 0.05) is 18.2 Å². The summed E-state index contributed by atoms with van der Waals surface area (Å²) in [7, 11) is 1.61. The molecule has 3 aromatic rings. The van der Waals surface area contributed by atoms with Crippen LogP contribution in [0.2, 0.25) is 0 Å². The Morgan fingerprint density at radius 2 is 2.03 bits per heavy atom. The molecular formula is C21H23N5O2S. The number of aromatic nitrogens is 3. The second-order valence-corrected chi connectivity index (χ2v) is 7.87. The fourth-order valence-corrected chi connectivity index (χ4v) is 4.41. The number of nitrogens with zero attached hydrogens (tertiary/aromatic N) is 3. The third kappa shape index (κ3) is 4.07. The van der Waals surface area contributed by atoms with E-state index in [1.165, 1.54) is 11.8 Å². The summed E-state index contributed by atoms with van der Waals surface area (Å²) in [5, 5.41) is 11.9. The van der Waals surface area contributed by atoms with Crippen LogP contribution < -0.4 is 15.5 Å². The molecule has 0 saturated carbocycles. The Hall–Kier alpha value is -3.00. The molecular weight excluding hydrogens is 386 g/mol. The summed E-state index contributed by atoms with van der Waals surface area (Å²) in [4.78, 5) is 13.2. The molecule has 4 rings (SSSR count). The molecule has 0 saturated heterocycles. The summed E-state index contributed by atoms with van der Waals surface area (Å²) >= 11 is 1.43. The van der Waals surface area contributed by atoms with E-state index < -0.39 is 5.25 Å². The number of thioether (sulfide) groups is 1. The topological polar surface area (TPSA) is 81.1 Å². The lowest BCUT2D eigenvalue weighted by Crippen LogP contribution is -2.41. The van der Waals surface area contributed by atoms with Gasteiger partial charge in [0.15, 0.2) is 5.82 Å². The van der Waals surface area contributed by atoms with Gasteiger partial charge in [0.25, 0.3) is 0 Å². The third-order valence-corrected chi connectivity index (χ3v) is 5.95. The minimum Gasteiger partial charge on any atom is -0.497 e. The van der Waals surface area contributed by atoms with E-state index in [2.05, 4.69) is 27.9 Å². The number of aryl methyl sites for hydroxylation is 1. The maximum atomic E-state index is 13.2. The summed E-state index contributed by atoms with van der Waals surface area (Å²) in [6.07, 6.45) is 1.79. The van der Waals surface area contributed by atoms with Crippen molar-refractivity contribution >= 4 is 23.4 Å². The fourth-order valence-electron chi connectivity index (χ4n) is 3.31. The molecule has 2 atom stereocenters. The summed E-state index contributed by atoms with van der Waals surface area (Å²) in [6.45, 7) is 2.11. The standard InChI is InChI=1S/C21H23N5O2S/c1-3-8-17-23-24-21-26(17)25-18(14-9-5-4-6-10-14)19(29-21)20(27)22-15-11-7-12-16(13-15)28-2/h4-7,9-13,18-19,25H,3,8H2,1-2H3,(H,22,27)/t18-,19+/m1/s1. The minimum absolute atomic E-state index is 0.101. The highest BCUT2D eigenvalue weighted by Gasteiger charge is 2.37. The van der Waals surface area contributed by atoms with Gasteiger partial charge in [0.2, 0.25) is 11.1 Å². The van der Waals surface area contributed by atoms with Gasteiger partial charge in [0.05, 0.1) is 13.2 Å². The molecule has 29 heavy (non-hydrogen) atoms. The Kier molecular flexibility index (Phi) is 5.71. The van der Waals surface area contributed by atoms with E-state index in [0.717, 1.165) is 24.2 Å². The van der Waals surface area contributed by atoms with Crippen LogP contribution in [0.4, 0.5) is 5.69 Å². The smallest absolute Gasteiger partial charge is 0.240 e. The number of anilines is 1. The summed E-state index contributed by atoms with van der Waals surface area (Å²) in [5.74, 6) is 1.47. The quantitative estimate of drug-likeness (QED) is 0.647. The van der Waals surface area contributed by atoms with Crippen molar-refractivity contribution in [3.63, 3.8) is 0 Å². The van der Waals surface area contributed by atoms with Gasteiger partial charge in [0.1, 0.15) is 11.0 Å². The third-order valence-electron chi connectivity index (χ3n) is 4.73. The molecule has 1 aromatic heterocycles. The number of carbonyl (C=O) groups is 1. The molecule has 0 aliphatic carbocycles. The number of rotatable bonds is 6. The molecule has 0 radical (unpaired) electrons. The number of nitrogens with one attached hydrogen (secondary N) is 2. The van der Waals surface area contributed by atoms with E-state index in [1.807, 2.05) is 53.2 Å². The number of hydrogen-bond acceptors (Lipinski definition) is 6. The van der Waals surface area contributed by atoms with Crippen molar-refractivity contribution in [1.82, 2.24) is 14.9 Å². The number of hydrogen-bond donors (Lipinski definition) is 2. The van der Waals surface area contributed by atoms with E-state index in [-0.39, 0.29) is 11.9 Å². The predicted molar refractivity (Wildman–Crippen MR) is 114 cm³/mol. The lowest BCUT2D eigenvalue weighted by Gasteiger charge is -2.33. The number of fused-ring (bicyclic) bond motifs is 1. The van der Waals surface area contributed by atoms with Crippen LogP contribution in [0.5, 0.6) is 5.75 Å². The van der Waals surface area contributed by atoms with Crippen LogP contribution in [0.3, 0.4) is 0 Å². The zero-order chi connectivity index (χ0) is 20.2. The Balaban J connectivity index is 1.64. The van der Waals surface area contributed by atoms with Gasteiger partial charge in [-0.1, -0.05) is 55.1 Å². The first-order valence-corrected chi connectivity index (χ1v) is 10.4. The molecule has 7 nitrogen and oxygen atoms in total. The maximum Gasteiger partial charge on any atom is 0.240 e. The van der Waals surface area contributed by atoms with Crippen molar-refractivity contribution in [2.24, 2.45) is 0 Å². The van der Waals surface area contributed by atoms with Crippen molar-refractivity contribution < 1.29 is 9.53 Å². The van der Waals surface area contributed by atoms with E-state index >= 15 is 0 Å². The van der Waals surface area contributed by atoms with Crippen LogP contribution in [0.1, 0.15) is 30.8 Å². The second kappa shape index (κ2) is 8.57. The highest BCUT2D eigenvalue weighted by atomic mass is 32.2. The molecule has 1 aliphatic heterocycles. The first kappa shape index (κ1) is 19.3. The van der Waals surface area contributed by atoms with E-state index in [0.29, 0.717) is 16.6 Å². The molecule has 1 amide bonds. The minimum atomic E-state index is -0.408. The van der Waals surface area contributed by atoms with E-state index in [1.54, 1.807) is 13.2 Å². The van der Waals surface area contributed by atoms with Crippen molar-refractivity contribution in [1.29, 1.82) is 0 Å². The fraction of sp³-hybridized carbons (Fsp3) is 0.286. The molecule has 0 bridgehead atoms. The molecule has 0 spiro atoms. The normalized spacial score (nSPS) is 17.9. The SMILES string of the molecule is CCCc1nnc2n1N[C@H](c1ccccc1)[C@@H](C(=O)Nc1cccc(OC)c1)S2. The lowest BCUT2D eigenvalue weighted by molar-refractivity contribution is -0.116. The number of methoxy groups -OCH3 is 1. The molecule has 2 N–H and O–H groups in total. The maximum absolute atomic E-state index is 13.2. The van der Waals surface area contributed by atoms with Gasteiger partial charge in [-0.25, -0.2) is 4.68 Å². The summed E-state index contributed by atoms with van der Waals surface area (Å²) in [5.41, 5.74) is 5.20. The van der Waals surface area contributed by atoms with E-state index in [9.17, 15) is 4.79 Å². The molecule has 0 unspecified atom stereocenters. The van der Waals surface area contributed by atoms with Gasteiger partial charge in [-0.05, 0) is 24.1 Å². The number of amides is 1. The molecule has 150 valence electrons. The average molecular weight is 410 g/mol. The zero-order valence-electron chi connectivity index (χ0n) is 16.3. The van der Waals surface area contributed by atoms with Crippen molar-refractivity contribution in [2.45, 2.75) is 36.2 Å². The monoisotopic (exact) mass is 409 g/mol. The number of ether oxygens (including phenoxy) is 1. The summed E-state index contributed by atoms with van der Waals surface area (Å²) < 4.78 is 7.17. The van der Waals surface area contributed by atoms with Gasteiger partial charge in [-0.2, -0.15) is 0 Å². The number of carbonyl (C=O) groups excluding carboxylic acids is 1. The predicted octanol–water partition coefficient (Wildman–Crippen LogP) is 3.64. The Morgan fingerprint density at radius 1 is 1.21 bits per heavy atom. The molecule has 8 heteroatoms. The van der Waals surface area contributed by atoms with E-state index in [4.69, 9.17) is 4.74 Å². The largest absolute Gasteiger partial charge is 0.497 e. The first-order chi connectivity index (χ1) is 14.2. The van der Waals surface area contributed by atoms with Crippen LogP contribution in [-0.2, 0) is 11.2 Å². The Bertz CT molecular complexity index is 992. The van der Waals surface area contributed by atoms with Crippen molar-refractivity contribution in [3.05, 3.63) is 66.0 Å². The lowest BCUT2D eigenvalue weighted by atomic mass is 10.0. The zero-order valence-corrected chi connectivity index (χ0v) is 17.1.